The molecule has 1 rings (SSSR count). The van der Waals surface area contributed by atoms with Crippen molar-refractivity contribution in [1.82, 2.24) is 0 Å². The molecule has 0 atom stereocenters. The molecule has 2 nitrogen and oxygen atoms in total. The van der Waals surface area contributed by atoms with Crippen LogP contribution in [0.4, 0.5) is 0 Å². The molecule has 0 amide bonds. The lowest BCUT2D eigenvalue weighted by atomic mass is 10.1. The van der Waals surface area contributed by atoms with Gasteiger partial charge in [0.1, 0.15) is 5.56 Å². The van der Waals surface area contributed by atoms with Crippen LogP contribution in [0.15, 0.2) is 24.3 Å². The fourth-order valence-corrected chi connectivity index (χ4v) is 3.68. The molecule has 0 radical (unpaired) electrons. The first-order valence-electron chi connectivity index (χ1n) is 7.19. The molecule has 108 valence electrons. The molecule has 0 aliphatic carbocycles. The van der Waals surface area contributed by atoms with E-state index in [4.69, 9.17) is 5.11 Å². The van der Waals surface area contributed by atoms with Gasteiger partial charge in [-0.15, -0.1) is 0 Å². The van der Waals surface area contributed by atoms with Crippen LogP contribution in [0.5, 0.6) is 0 Å². The second kappa shape index (κ2) is 10.7. The molecule has 0 spiro atoms. The van der Waals surface area contributed by atoms with Crippen molar-refractivity contribution < 1.29 is 31.1 Å². The summed E-state index contributed by atoms with van der Waals surface area (Å²) in [6, 6.07) is 7.19. The molecule has 0 saturated heterocycles. The molecular weight excluding hydrogens is 363 g/mol. The summed E-state index contributed by atoms with van der Waals surface area (Å²) in [7, 11) is 0. The second-order valence-corrected chi connectivity index (χ2v) is 6.91. The fourth-order valence-electron chi connectivity index (χ4n) is 1.84. The lowest BCUT2D eigenvalue weighted by Crippen LogP contribution is -3.59. The molecule has 0 unspecified atom stereocenters. The van der Waals surface area contributed by atoms with Crippen LogP contribution >= 0.6 is 0 Å². The van der Waals surface area contributed by atoms with Gasteiger partial charge in [0.25, 0.3) is 0 Å². The summed E-state index contributed by atoms with van der Waals surface area (Å²) in [6.07, 6.45) is 8.65. The highest BCUT2D eigenvalue weighted by atomic mass is 127. The molecule has 0 bridgehead atoms. The monoisotopic (exact) mass is 385 g/mol. The Hall–Kier alpha value is -1.02. The van der Waals surface area contributed by atoms with E-state index in [9.17, 15) is 4.79 Å². The predicted molar refractivity (Wildman–Crippen MR) is 77.9 cm³/mol. The van der Waals surface area contributed by atoms with Crippen LogP contribution in [-0.4, -0.2) is 11.1 Å². The Balaban J connectivity index is 2.27. The van der Waals surface area contributed by atoms with Crippen LogP contribution in [0, 0.1) is 13.4 Å². The van der Waals surface area contributed by atoms with Crippen LogP contribution in [0.1, 0.15) is 62.2 Å². The molecule has 1 aromatic carbocycles. The zero-order valence-corrected chi connectivity index (χ0v) is 14.2. The molecule has 0 aliphatic heterocycles. The van der Waals surface area contributed by atoms with Crippen LogP contribution in [-0.2, 0) is 0 Å². The largest absolute Gasteiger partial charge is 0.478 e. The van der Waals surface area contributed by atoms with Gasteiger partial charge in [-0.2, -0.15) is 0 Å². The zero-order valence-electron chi connectivity index (χ0n) is 12.0. The molecule has 1 N–H and O–H groups in total. The van der Waals surface area contributed by atoms with E-state index in [1.807, 2.05) is 12.1 Å². The normalized spacial score (nSPS) is 9.85. The van der Waals surface area contributed by atoms with Gasteiger partial charge in [-0.3, -0.25) is 0 Å². The van der Waals surface area contributed by atoms with Crippen molar-refractivity contribution in [3.8, 4) is 9.85 Å². The Bertz CT molecular complexity index is 471. The summed E-state index contributed by atoms with van der Waals surface area (Å²) in [5.74, 6) is 2.35. The van der Waals surface area contributed by atoms with E-state index in [0.717, 1.165) is 9.99 Å². The summed E-state index contributed by atoms with van der Waals surface area (Å²) in [5.41, 5.74) is 0.411. The first-order chi connectivity index (χ1) is 9.75. The fraction of sp³-hybridized carbons (Fsp3) is 0.471. The third-order valence-corrected chi connectivity index (χ3v) is 5.15. The van der Waals surface area contributed by atoms with Gasteiger partial charge in [0.2, 0.25) is 3.57 Å². The van der Waals surface area contributed by atoms with Gasteiger partial charge >= 0.3 is 27.2 Å². The number of carboxylic acid groups (broad SMARTS) is 1. The van der Waals surface area contributed by atoms with E-state index in [-0.39, 0.29) is 0 Å². The number of rotatable bonds is 8. The van der Waals surface area contributed by atoms with Crippen molar-refractivity contribution in [2.45, 2.75) is 51.9 Å². The molecule has 3 heteroatoms. The van der Waals surface area contributed by atoms with Gasteiger partial charge in [0, 0.05) is 6.42 Å². The Kier molecular flexibility index (Phi) is 9.14. The Morgan fingerprint density at radius 1 is 1.15 bits per heavy atom. The van der Waals surface area contributed by atoms with Crippen molar-refractivity contribution in [2.24, 2.45) is 0 Å². The van der Waals surface area contributed by atoms with Crippen molar-refractivity contribution in [3.63, 3.8) is 0 Å². The van der Waals surface area contributed by atoms with Gasteiger partial charge in [0.15, 0.2) is 3.93 Å². The number of carbonyl (C=O) groups is 1. The maximum Gasteiger partial charge on any atom is 0.420 e. The van der Waals surface area contributed by atoms with Gasteiger partial charge in [-0.25, -0.2) is 4.79 Å². The SMILES string of the molecule is CCCCCCCCC#C[I+]c1ccccc1C(=O)O. The average molecular weight is 385 g/mol. The minimum Gasteiger partial charge on any atom is -0.478 e. The standard InChI is InChI=1S/C17H21IO2/c1-2-3-4-5-6-7-8-11-14-18-16-13-10-9-12-15(16)17(19)20/h9-10,12-13H,2-8H2,1H3/p+1. The number of halogens is 1. The van der Waals surface area contributed by atoms with E-state index in [1.54, 1.807) is 12.1 Å². The highest BCUT2D eigenvalue weighted by Crippen LogP contribution is 2.05. The van der Waals surface area contributed by atoms with Gasteiger partial charge < -0.3 is 5.11 Å². The number of carboxylic acids is 1. The summed E-state index contributed by atoms with van der Waals surface area (Å²) in [5, 5.41) is 9.08. The van der Waals surface area contributed by atoms with E-state index >= 15 is 0 Å². The Morgan fingerprint density at radius 2 is 1.85 bits per heavy atom. The van der Waals surface area contributed by atoms with Crippen molar-refractivity contribution in [3.05, 3.63) is 33.4 Å². The van der Waals surface area contributed by atoms with Gasteiger partial charge in [-0.05, 0) is 24.5 Å². The summed E-state index contributed by atoms with van der Waals surface area (Å²) < 4.78 is 4.11. The maximum absolute atomic E-state index is 11.1. The van der Waals surface area contributed by atoms with E-state index < -0.39 is 27.2 Å². The van der Waals surface area contributed by atoms with Crippen LogP contribution in [0.25, 0.3) is 0 Å². The molecule has 0 aromatic heterocycles. The first-order valence-corrected chi connectivity index (χ1v) is 9.35. The highest BCUT2D eigenvalue weighted by Gasteiger charge is 2.19. The van der Waals surface area contributed by atoms with Crippen LogP contribution in [0.2, 0.25) is 0 Å². The number of aromatic carboxylic acids is 1. The van der Waals surface area contributed by atoms with Gasteiger partial charge in [-0.1, -0.05) is 51.2 Å². The Labute approximate surface area is 132 Å². The lowest BCUT2D eigenvalue weighted by Gasteiger charge is -1.95. The molecule has 1 aromatic rings. The van der Waals surface area contributed by atoms with Crippen molar-refractivity contribution in [1.29, 1.82) is 0 Å². The first kappa shape index (κ1) is 17.0. The quantitative estimate of drug-likeness (QED) is 0.417. The predicted octanol–water partition coefficient (Wildman–Crippen LogP) is 1.35. The summed E-state index contributed by atoms with van der Waals surface area (Å²) >= 11 is -0.503. The number of hydrogen-bond donors (Lipinski definition) is 1. The van der Waals surface area contributed by atoms with Crippen molar-refractivity contribution in [2.75, 3.05) is 0 Å². The topological polar surface area (TPSA) is 37.3 Å². The lowest BCUT2D eigenvalue weighted by molar-refractivity contribution is -0.535. The molecule has 0 aliphatic rings. The molecule has 0 heterocycles. The minimum atomic E-state index is -0.849. The zero-order chi connectivity index (χ0) is 14.6. The minimum absolute atomic E-state index is 0.411. The van der Waals surface area contributed by atoms with E-state index in [1.165, 1.54) is 38.5 Å². The van der Waals surface area contributed by atoms with Crippen LogP contribution < -0.4 is 21.2 Å². The Morgan fingerprint density at radius 3 is 2.60 bits per heavy atom. The van der Waals surface area contributed by atoms with E-state index in [2.05, 4.69) is 16.8 Å². The summed E-state index contributed by atoms with van der Waals surface area (Å²) in [6.45, 7) is 2.23. The summed E-state index contributed by atoms with van der Waals surface area (Å²) in [4.78, 5) is 11.1. The molecular formula is C17H22IO2+. The second-order valence-electron chi connectivity index (χ2n) is 4.67. The number of unbranched alkanes of at least 4 members (excludes halogenated alkanes) is 6. The molecule has 0 saturated carbocycles. The molecule has 20 heavy (non-hydrogen) atoms. The third kappa shape index (κ3) is 6.95. The average Bonchev–Trinajstić information content (AvgIpc) is 2.46. The molecule has 0 fully saturated rings. The van der Waals surface area contributed by atoms with Crippen LogP contribution in [0.3, 0.4) is 0 Å². The number of benzene rings is 1. The smallest absolute Gasteiger partial charge is 0.420 e. The highest BCUT2D eigenvalue weighted by molar-refractivity contribution is 5.87. The maximum atomic E-state index is 11.1. The van der Waals surface area contributed by atoms with E-state index in [0.29, 0.717) is 5.56 Å². The van der Waals surface area contributed by atoms with Crippen molar-refractivity contribution >= 4 is 5.97 Å². The third-order valence-electron chi connectivity index (χ3n) is 2.98. The number of hydrogen-bond acceptors (Lipinski definition) is 1. The van der Waals surface area contributed by atoms with Gasteiger partial charge in [0.05, 0.1) is 0 Å².